The maximum Gasteiger partial charge on any atom is 0.463 e. The van der Waals surface area contributed by atoms with Crippen molar-refractivity contribution in [2.45, 2.75) is 25.2 Å². The van der Waals surface area contributed by atoms with Crippen LogP contribution in [0.4, 0.5) is 5.82 Å². The molecule has 0 radical (unpaired) electrons. The average molecular weight is 516 g/mol. The van der Waals surface area contributed by atoms with Gasteiger partial charge < -0.3 is 29.0 Å². The smallest absolute Gasteiger partial charge is 0.463 e. The van der Waals surface area contributed by atoms with Crippen molar-refractivity contribution in [1.82, 2.24) is 9.55 Å². The number of nitrogens with zero attached hydrogens (tertiary/aromatic N) is 2. The molecule has 3 aromatic rings. The van der Waals surface area contributed by atoms with Gasteiger partial charge in [0, 0.05) is 6.20 Å². The van der Waals surface area contributed by atoms with Gasteiger partial charge in [-0.3, -0.25) is 9.09 Å². The van der Waals surface area contributed by atoms with E-state index in [2.05, 4.69) is 18.1 Å². The van der Waals surface area contributed by atoms with E-state index in [4.69, 9.17) is 33.5 Å². The first-order valence-electron chi connectivity index (χ1n) is 11.1. The number of hydrogen-bond donors (Lipinski definition) is 1. The molecule has 2 heterocycles. The minimum Gasteiger partial charge on any atom is -0.497 e. The van der Waals surface area contributed by atoms with Crippen LogP contribution in [0.25, 0.3) is 0 Å². The average Bonchev–Trinajstić information content (AvgIpc) is 3.38. The minimum atomic E-state index is -1.80. The van der Waals surface area contributed by atoms with E-state index < -0.39 is 20.5 Å². The summed E-state index contributed by atoms with van der Waals surface area (Å²) in [5, 5.41) is 0. The Bertz CT molecular complexity index is 1090. The monoisotopic (exact) mass is 515 g/mol. The maximum absolute atomic E-state index is 12.1. The Balaban J connectivity index is 0.00000176. The van der Waals surface area contributed by atoms with E-state index in [0.717, 1.165) is 0 Å². The van der Waals surface area contributed by atoms with Crippen LogP contribution in [0, 0.1) is 0 Å². The summed E-state index contributed by atoms with van der Waals surface area (Å²) >= 11 is 0. The Morgan fingerprint density at radius 2 is 1.47 bits per heavy atom. The van der Waals surface area contributed by atoms with Crippen molar-refractivity contribution in [1.29, 1.82) is 0 Å². The molecule has 36 heavy (non-hydrogen) atoms. The molecule has 0 bridgehead atoms. The highest BCUT2D eigenvalue weighted by Crippen LogP contribution is 2.43. The Kier molecular flexibility index (Phi) is 10.1. The molecule has 0 spiro atoms. The zero-order valence-corrected chi connectivity index (χ0v) is 21.1. The van der Waals surface area contributed by atoms with Gasteiger partial charge in [0.1, 0.15) is 35.0 Å². The van der Waals surface area contributed by atoms with Gasteiger partial charge >= 0.3 is 14.3 Å². The normalized spacial score (nSPS) is 16.6. The third kappa shape index (κ3) is 7.45. The molecule has 192 valence electrons. The number of nitrogen functional groups attached to an aromatic ring is 1. The summed E-state index contributed by atoms with van der Waals surface area (Å²) in [7, 11) is 1.40. The van der Waals surface area contributed by atoms with Crippen LogP contribution in [0.5, 0.6) is 23.0 Å². The number of benzene rings is 2. The molecule has 1 aromatic heterocycles. The summed E-state index contributed by atoms with van der Waals surface area (Å²) in [4.78, 5) is 15.9. The first-order valence-corrected chi connectivity index (χ1v) is 12.2. The topological polar surface area (TPSA) is 116 Å². The van der Waals surface area contributed by atoms with Gasteiger partial charge in [0.15, 0.2) is 0 Å². The molecule has 1 aliphatic heterocycles. The van der Waals surface area contributed by atoms with Crippen LogP contribution in [-0.2, 0) is 9.26 Å². The molecule has 2 N–H and O–H groups in total. The van der Waals surface area contributed by atoms with Crippen LogP contribution in [0.1, 0.15) is 19.1 Å². The number of aromatic nitrogens is 2. The molecular formula is C25H30N3O7P. The number of ether oxygens (including phenoxy) is 3. The lowest BCUT2D eigenvalue weighted by Gasteiger charge is -2.20. The molecule has 0 saturated carbocycles. The molecule has 2 aromatic carbocycles. The second-order valence-electron chi connectivity index (χ2n) is 7.39. The second-order valence-corrected chi connectivity index (χ2v) is 8.46. The summed E-state index contributed by atoms with van der Waals surface area (Å²) in [5.74, 6) is 2.75. The molecule has 2 atom stereocenters. The molecule has 1 aliphatic rings. The minimum absolute atomic E-state index is 0.177. The quantitative estimate of drug-likeness (QED) is 0.302. The van der Waals surface area contributed by atoms with Crippen LogP contribution in [0.15, 0.2) is 78.7 Å². The molecule has 1 fully saturated rings. The van der Waals surface area contributed by atoms with Crippen molar-refractivity contribution in [3.05, 3.63) is 84.4 Å². The summed E-state index contributed by atoms with van der Waals surface area (Å²) in [6, 6.07) is 15.8. The van der Waals surface area contributed by atoms with Crippen molar-refractivity contribution in [2.75, 3.05) is 26.6 Å². The van der Waals surface area contributed by atoms with E-state index in [1.54, 1.807) is 75.0 Å². The molecular weight excluding hydrogens is 485 g/mol. The Hall–Kier alpha value is -3.59. The second kappa shape index (κ2) is 13.5. The van der Waals surface area contributed by atoms with Gasteiger partial charge in [0.25, 0.3) is 0 Å². The lowest BCUT2D eigenvalue weighted by Crippen LogP contribution is -2.27. The van der Waals surface area contributed by atoms with E-state index in [1.807, 2.05) is 0 Å². The number of nitrogens with two attached hydrogens (primary N) is 1. The fourth-order valence-corrected chi connectivity index (χ4v) is 4.34. The Morgan fingerprint density at radius 3 is 1.97 bits per heavy atom. The Morgan fingerprint density at radius 1 is 0.944 bits per heavy atom. The predicted octanol–water partition coefficient (Wildman–Crippen LogP) is 4.72. The third-order valence-electron chi connectivity index (χ3n) is 5.09. The van der Waals surface area contributed by atoms with Gasteiger partial charge in [-0.15, -0.1) is 13.2 Å². The van der Waals surface area contributed by atoms with E-state index in [0.29, 0.717) is 35.8 Å². The van der Waals surface area contributed by atoms with Crippen molar-refractivity contribution in [3.8, 4) is 23.0 Å². The molecule has 11 heteroatoms. The van der Waals surface area contributed by atoms with Gasteiger partial charge in [0.05, 0.1) is 26.9 Å². The fourth-order valence-electron chi connectivity index (χ4n) is 3.32. The molecule has 4 rings (SSSR count). The van der Waals surface area contributed by atoms with Gasteiger partial charge in [-0.2, -0.15) is 4.98 Å². The number of methoxy groups -OCH3 is 2. The molecule has 0 amide bonds. The predicted molar refractivity (Wildman–Crippen MR) is 137 cm³/mol. The first-order chi connectivity index (χ1) is 17.5. The van der Waals surface area contributed by atoms with Crippen LogP contribution >= 0.6 is 8.60 Å². The van der Waals surface area contributed by atoms with Crippen LogP contribution < -0.4 is 29.9 Å². The summed E-state index contributed by atoms with van der Waals surface area (Å²) in [5.41, 5.74) is 5.12. The summed E-state index contributed by atoms with van der Waals surface area (Å²) in [6.45, 7) is 6.23. The van der Waals surface area contributed by atoms with Gasteiger partial charge in [-0.05, 0) is 67.4 Å². The van der Waals surface area contributed by atoms with Crippen molar-refractivity contribution >= 4 is 14.4 Å². The highest BCUT2D eigenvalue weighted by Gasteiger charge is 2.30. The SMILES string of the molecule is C=C.COc1ccc(OP(OCC2CCC(n3ccc(N)nc3=O)O2)Oc2ccc(OC)cc2)cc1. The largest absolute Gasteiger partial charge is 0.497 e. The van der Waals surface area contributed by atoms with Crippen LogP contribution in [0.2, 0.25) is 0 Å². The van der Waals surface area contributed by atoms with Crippen molar-refractivity contribution in [2.24, 2.45) is 0 Å². The van der Waals surface area contributed by atoms with E-state index in [-0.39, 0.29) is 18.5 Å². The maximum atomic E-state index is 12.1. The molecule has 2 unspecified atom stereocenters. The number of hydrogen-bond acceptors (Lipinski definition) is 9. The number of anilines is 1. The van der Waals surface area contributed by atoms with Crippen molar-refractivity contribution < 1.29 is 27.8 Å². The highest BCUT2D eigenvalue weighted by molar-refractivity contribution is 7.42. The first kappa shape index (κ1) is 27.0. The van der Waals surface area contributed by atoms with Crippen LogP contribution in [-0.4, -0.2) is 36.5 Å². The van der Waals surface area contributed by atoms with E-state index >= 15 is 0 Å². The molecule has 0 aliphatic carbocycles. The van der Waals surface area contributed by atoms with E-state index in [9.17, 15) is 4.79 Å². The highest BCUT2D eigenvalue weighted by atomic mass is 31.2. The fraction of sp³-hybridized carbons (Fsp3) is 0.280. The standard InChI is InChI=1S/C23H26N3O7P.C2H4/c1-28-16-3-7-18(8-4-16)32-34(33-19-9-5-17(29-2)6-10-19)30-15-20-11-12-22(31-20)26-14-13-21(24)25-23(26)27;1-2/h3-10,13-14,20,22H,11-12,15H2,1-2H3,(H2,24,25,27);1-2H2. The van der Waals surface area contributed by atoms with Crippen molar-refractivity contribution in [3.63, 3.8) is 0 Å². The third-order valence-corrected chi connectivity index (χ3v) is 6.17. The summed E-state index contributed by atoms with van der Waals surface area (Å²) in [6.07, 6.45) is 2.28. The number of rotatable bonds is 10. The Labute approximate surface area is 211 Å². The lowest BCUT2D eigenvalue weighted by atomic mass is 10.2. The molecule has 1 saturated heterocycles. The van der Waals surface area contributed by atoms with E-state index in [1.165, 1.54) is 4.57 Å². The van der Waals surface area contributed by atoms with Crippen LogP contribution in [0.3, 0.4) is 0 Å². The summed E-state index contributed by atoms with van der Waals surface area (Å²) < 4.78 is 35.8. The molecule has 10 nitrogen and oxygen atoms in total. The van der Waals surface area contributed by atoms with Gasteiger partial charge in [-0.25, -0.2) is 4.79 Å². The zero-order chi connectivity index (χ0) is 25.9. The van der Waals surface area contributed by atoms with Gasteiger partial charge in [-0.1, -0.05) is 0 Å². The van der Waals surface area contributed by atoms with Gasteiger partial charge in [0.2, 0.25) is 0 Å². The zero-order valence-electron chi connectivity index (χ0n) is 20.2. The lowest BCUT2D eigenvalue weighted by molar-refractivity contribution is -0.0210.